The van der Waals surface area contributed by atoms with Gasteiger partial charge >= 0.3 is 0 Å². The Hall–Kier alpha value is -1.94. The minimum atomic E-state index is 0.00780. The van der Waals surface area contributed by atoms with Gasteiger partial charge in [0.1, 0.15) is 4.99 Å². The van der Waals surface area contributed by atoms with Crippen molar-refractivity contribution in [2.24, 2.45) is 5.73 Å². The molecule has 0 aliphatic heterocycles. The summed E-state index contributed by atoms with van der Waals surface area (Å²) >= 11 is 4.89. The summed E-state index contributed by atoms with van der Waals surface area (Å²) < 4.78 is 1.67. The fourth-order valence-electron chi connectivity index (χ4n) is 1.71. The molecule has 0 spiro atoms. The number of hydrogen-bond donors (Lipinski definition) is 1. The van der Waals surface area contributed by atoms with E-state index in [1.165, 1.54) is 0 Å². The van der Waals surface area contributed by atoms with Gasteiger partial charge in [-0.25, -0.2) is 0 Å². The topological polar surface area (TPSA) is 48.0 Å². The standard InChI is InChI=1S/C14H14N2OS/c1-10-6-7-16(13(17)8-10)9-11-2-4-12(5-3-11)14(15)18/h2-8H,9H2,1H3,(H2,15,18). The highest BCUT2D eigenvalue weighted by molar-refractivity contribution is 7.80. The first kappa shape index (κ1) is 12.5. The first-order chi connectivity index (χ1) is 8.56. The van der Waals surface area contributed by atoms with E-state index in [9.17, 15) is 4.79 Å². The van der Waals surface area contributed by atoms with E-state index in [0.717, 1.165) is 16.7 Å². The Kier molecular flexibility index (Phi) is 3.58. The lowest BCUT2D eigenvalue weighted by atomic mass is 10.1. The molecule has 0 saturated carbocycles. The summed E-state index contributed by atoms with van der Waals surface area (Å²) in [5.41, 5.74) is 8.39. The molecular weight excluding hydrogens is 244 g/mol. The second kappa shape index (κ2) is 5.14. The van der Waals surface area contributed by atoms with E-state index in [2.05, 4.69) is 0 Å². The van der Waals surface area contributed by atoms with Crippen molar-refractivity contribution in [3.63, 3.8) is 0 Å². The highest BCUT2D eigenvalue weighted by Gasteiger charge is 2.00. The highest BCUT2D eigenvalue weighted by Crippen LogP contribution is 2.06. The van der Waals surface area contributed by atoms with Crippen LogP contribution in [0.15, 0.2) is 47.4 Å². The largest absolute Gasteiger partial charge is 0.389 e. The van der Waals surface area contributed by atoms with Crippen molar-refractivity contribution >= 4 is 17.2 Å². The minimum absolute atomic E-state index is 0.00780. The number of thiocarbonyl (C=S) groups is 1. The van der Waals surface area contributed by atoms with E-state index in [1.807, 2.05) is 37.3 Å². The van der Waals surface area contributed by atoms with Crippen LogP contribution in [-0.4, -0.2) is 9.56 Å². The monoisotopic (exact) mass is 258 g/mol. The molecule has 0 fully saturated rings. The molecule has 0 aliphatic carbocycles. The van der Waals surface area contributed by atoms with Crippen molar-refractivity contribution in [3.05, 3.63) is 69.6 Å². The fraction of sp³-hybridized carbons (Fsp3) is 0.143. The van der Waals surface area contributed by atoms with Gasteiger partial charge in [-0.05, 0) is 24.1 Å². The minimum Gasteiger partial charge on any atom is -0.389 e. The molecule has 92 valence electrons. The number of benzene rings is 1. The third-order valence-corrected chi connectivity index (χ3v) is 2.98. The number of nitrogens with zero attached hydrogens (tertiary/aromatic N) is 1. The van der Waals surface area contributed by atoms with E-state index in [1.54, 1.807) is 16.8 Å². The fourth-order valence-corrected chi connectivity index (χ4v) is 1.84. The SMILES string of the molecule is Cc1ccn(Cc2ccc(C(N)=S)cc2)c(=O)c1. The predicted molar refractivity (Wildman–Crippen MR) is 76.9 cm³/mol. The maximum atomic E-state index is 11.7. The Morgan fingerprint density at radius 3 is 2.50 bits per heavy atom. The molecule has 18 heavy (non-hydrogen) atoms. The van der Waals surface area contributed by atoms with Gasteiger partial charge < -0.3 is 10.3 Å². The first-order valence-electron chi connectivity index (χ1n) is 5.62. The summed E-state index contributed by atoms with van der Waals surface area (Å²) in [4.78, 5) is 12.1. The molecule has 0 unspecified atom stereocenters. The van der Waals surface area contributed by atoms with Crippen LogP contribution in [0.2, 0.25) is 0 Å². The van der Waals surface area contributed by atoms with E-state index >= 15 is 0 Å². The van der Waals surface area contributed by atoms with Crippen LogP contribution < -0.4 is 11.3 Å². The van der Waals surface area contributed by atoms with Crippen LogP contribution in [0.1, 0.15) is 16.7 Å². The molecule has 0 bridgehead atoms. The molecule has 1 aromatic heterocycles. The summed E-state index contributed by atoms with van der Waals surface area (Å²) in [5, 5.41) is 0. The number of aromatic nitrogens is 1. The highest BCUT2D eigenvalue weighted by atomic mass is 32.1. The van der Waals surface area contributed by atoms with Gasteiger partial charge in [-0.15, -0.1) is 0 Å². The van der Waals surface area contributed by atoms with Crippen molar-refractivity contribution < 1.29 is 0 Å². The second-order valence-corrected chi connectivity index (χ2v) is 4.67. The zero-order chi connectivity index (χ0) is 13.1. The van der Waals surface area contributed by atoms with Crippen molar-refractivity contribution in [1.82, 2.24) is 4.57 Å². The van der Waals surface area contributed by atoms with Gasteiger partial charge in [0.2, 0.25) is 0 Å². The molecule has 0 atom stereocenters. The van der Waals surface area contributed by atoms with Crippen molar-refractivity contribution in [3.8, 4) is 0 Å². The van der Waals surface area contributed by atoms with Crippen molar-refractivity contribution in [2.45, 2.75) is 13.5 Å². The lowest BCUT2D eigenvalue weighted by Crippen LogP contribution is -2.19. The lowest BCUT2D eigenvalue weighted by molar-refractivity contribution is 0.757. The van der Waals surface area contributed by atoms with Gasteiger partial charge in [0.25, 0.3) is 5.56 Å². The third-order valence-electron chi connectivity index (χ3n) is 2.74. The van der Waals surface area contributed by atoms with Gasteiger partial charge in [0.05, 0.1) is 6.54 Å². The second-order valence-electron chi connectivity index (χ2n) is 4.23. The average Bonchev–Trinajstić information content (AvgIpc) is 2.33. The van der Waals surface area contributed by atoms with E-state index in [4.69, 9.17) is 18.0 Å². The summed E-state index contributed by atoms with van der Waals surface area (Å²) in [6, 6.07) is 11.2. The number of pyridine rings is 1. The lowest BCUT2D eigenvalue weighted by Gasteiger charge is -2.07. The predicted octanol–water partition coefficient (Wildman–Crippen LogP) is 1.84. The molecule has 4 heteroatoms. The Balaban J connectivity index is 2.23. The Labute approximate surface area is 111 Å². The smallest absolute Gasteiger partial charge is 0.251 e. The molecule has 2 N–H and O–H groups in total. The Morgan fingerprint density at radius 2 is 1.94 bits per heavy atom. The van der Waals surface area contributed by atoms with Gasteiger partial charge in [-0.2, -0.15) is 0 Å². The maximum absolute atomic E-state index is 11.7. The van der Waals surface area contributed by atoms with E-state index < -0.39 is 0 Å². The van der Waals surface area contributed by atoms with Gasteiger partial charge in [0.15, 0.2) is 0 Å². The summed E-state index contributed by atoms with van der Waals surface area (Å²) in [7, 11) is 0. The number of hydrogen-bond acceptors (Lipinski definition) is 2. The van der Waals surface area contributed by atoms with Crippen LogP contribution in [-0.2, 0) is 6.54 Å². The van der Waals surface area contributed by atoms with Crippen molar-refractivity contribution in [2.75, 3.05) is 0 Å². The molecule has 0 saturated heterocycles. The van der Waals surface area contributed by atoms with E-state index in [-0.39, 0.29) is 5.56 Å². The van der Waals surface area contributed by atoms with Crippen LogP contribution in [0.5, 0.6) is 0 Å². The molecule has 2 aromatic rings. The Bertz CT molecular complexity index is 629. The number of aryl methyl sites for hydroxylation is 1. The van der Waals surface area contributed by atoms with Crippen LogP contribution in [0, 0.1) is 6.92 Å². The molecule has 0 amide bonds. The van der Waals surface area contributed by atoms with Crippen LogP contribution in [0.3, 0.4) is 0 Å². The first-order valence-corrected chi connectivity index (χ1v) is 6.03. The summed E-state index contributed by atoms with van der Waals surface area (Å²) in [6.45, 7) is 2.46. The summed E-state index contributed by atoms with van der Waals surface area (Å²) in [6.07, 6.45) is 1.80. The molecular formula is C14H14N2OS. The van der Waals surface area contributed by atoms with Crippen molar-refractivity contribution in [1.29, 1.82) is 0 Å². The van der Waals surface area contributed by atoms with Crippen LogP contribution >= 0.6 is 12.2 Å². The van der Waals surface area contributed by atoms with Gasteiger partial charge in [-0.3, -0.25) is 4.79 Å². The zero-order valence-electron chi connectivity index (χ0n) is 10.1. The molecule has 1 aromatic carbocycles. The summed E-state index contributed by atoms with van der Waals surface area (Å²) in [5.74, 6) is 0. The molecule has 0 aliphatic rings. The normalized spacial score (nSPS) is 10.3. The number of rotatable bonds is 3. The van der Waals surface area contributed by atoms with Crippen LogP contribution in [0.4, 0.5) is 0 Å². The zero-order valence-corrected chi connectivity index (χ0v) is 10.9. The van der Waals surface area contributed by atoms with Gasteiger partial charge in [-0.1, -0.05) is 36.5 Å². The molecule has 2 rings (SSSR count). The maximum Gasteiger partial charge on any atom is 0.251 e. The quantitative estimate of drug-likeness (QED) is 0.855. The average molecular weight is 258 g/mol. The third kappa shape index (κ3) is 2.84. The number of nitrogens with two attached hydrogens (primary N) is 1. The van der Waals surface area contributed by atoms with Gasteiger partial charge in [0, 0.05) is 17.8 Å². The van der Waals surface area contributed by atoms with E-state index in [0.29, 0.717) is 11.5 Å². The molecule has 0 radical (unpaired) electrons. The van der Waals surface area contributed by atoms with Crippen LogP contribution in [0.25, 0.3) is 0 Å². The Morgan fingerprint density at radius 1 is 1.28 bits per heavy atom. The molecule has 1 heterocycles. The molecule has 3 nitrogen and oxygen atoms in total.